The fraction of sp³-hybridized carbons (Fsp3) is 0.0714. The Bertz CT molecular complexity index is 1360. The molecule has 6 rings (SSSR count). The molecule has 2 heteroatoms. The summed E-state index contributed by atoms with van der Waals surface area (Å²) in [6, 6.07) is 17.1. The third-order valence-electron chi connectivity index (χ3n) is 6.18. The van der Waals surface area contributed by atoms with E-state index in [9.17, 15) is 10.2 Å². The van der Waals surface area contributed by atoms with Gasteiger partial charge in [0, 0.05) is 0 Å². The predicted molar refractivity (Wildman–Crippen MR) is 127 cm³/mol. The summed E-state index contributed by atoms with van der Waals surface area (Å²) in [5.74, 6) is 0. The van der Waals surface area contributed by atoms with E-state index in [2.05, 4.69) is 48.5 Å². The second-order valence-corrected chi connectivity index (χ2v) is 7.91. The fourth-order valence-electron chi connectivity index (χ4n) is 4.87. The highest BCUT2D eigenvalue weighted by Gasteiger charge is 2.21. The van der Waals surface area contributed by atoms with Crippen LogP contribution in [0.15, 0.2) is 72.8 Å². The van der Waals surface area contributed by atoms with Gasteiger partial charge in [0.15, 0.2) is 0 Å². The third-order valence-corrected chi connectivity index (χ3v) is 6.18. The molecule has 2 N–H and O–H groups in total. The van der Waals surface area contributed by atoms with E-state index in [1.54, 1.807) is 0 Å². The van der Waals surface area contributed by atoms with Crippen LogP contribution in [0.5, 0.6) is 0 Å². The minimum Gasteiger partial charge on any atom is -0.385 e. The lowest BCUT2D eigenvalue weighted by Crippen LogP contribution is -1.96. The van der Waals surface area contributed by atoms with Crippen LogP contribution in [-0.4, -0.2) is 22.4 Å². The lowest BCUT2D eigenvalue weighted by molar-refractivity contribution is 0.273. The lowest BCUT2D eigenvalue weighted by Gasteiger charge is -2.19. The van der Waals surface area contributed by atoms with Crippen molar-refractivity contribution in [2.24, 2.45) is 0 Å². The van der Waals surface area contributed by atoms with Gasteiger partial charge in [-0.3, -0.25) is 0 Å². The maximum Gasteiger partial charge on any atom is 0.0909 e. The molecule has 4 aromatic carbocycles. The van der Waals surface area contributed by atoms with Crippen molar-refractivity contribution in [1.82, 2.24) is 0 Å². The molecule has 2 unspecified atom stereocenters. The van der Waals surface area contributed by atoms with Gasteiger partial charge in [0.05, 0.1) is 12.2 Å². The Morgan fingerprint density at radius 3 is 1.17 bits per heavy atom. The minimum atomic E-state index is -0.620. The Balaban J connectivity index is 1.97. The fourth-order valence-corrected chi connectivity index (χ4v) is 4.87. The molecule has 0 aliphatic heterocycles. The number of hydrogen-bond acceptors (Lipinski definition) is 2. The monoisotopic (exact) mass is 388 g/mol. The molecule has 0 heterocycles. The summed E-state index contributed by atoms with van der Waals surface area (Å²) < 4.78 is 0. The van der Waals surface area contributed by atoms with Crippen LogP contribution in [-0.2, 0) is 0 Å². The Hall–Kier alpha value is -3.46. The van der Waals surface area contributed by atoms with Crippen LogP contribution >= 0.6 is 0 Å². The highest BCUT2D eigenvalue weighted by atomic mass is 16.3. The smallest absolute Gasteiger partial charge is 0.0909 e. The van der Waals surface area contributed by atoms with E-state index in [0.29, 0.717) is 0 Å². The first-order valence-electron chi connectivity index (χ1n) is 10.2. The normalized spacial score (nSPS) is 19.8. The lowest BCUT2D eigenvalue weighted by atomic mass is 9.83. The van der Waals surface area contributed by atoms with Crippen LogP contribution in [0, 0.1) is 0 Å². The molecule has 0 saturated heterocycles. The summed E-state index contributed by atoms with van der Waals surface area (Å²) in [7, 11) is 0. The van der Waals surface area contributed by atoms with Gasteiger partial charge in [-0.15, -0.1) is 0 Å². The molecule has 2 aliphatic rings. The summed E-state index contributed by atoms with van der Waals surface area (Å²) in [6.07, 6.45) is 14.2. The molecular weight excluding hydrogens is 368 g/mol. The van der Waals surface area contributed by atoms with Crippen LogP contribution in [0.25, 0.3) is 56.6 Å². The van der Waals surface area contributed by atoms with Crippen LogP contribution in [0.4, 0.5) is 0 Å². The van der Waals surface area contributed by atoms with Gasteiger partial charge < -0.3 is 10.2 Å². The topological polar surface area (TPSA) is 40.5 Å². The molecule has 4 aromatic rings. The van der Waals surface area contributed by atoms with Crippen molar-refractivity contribution in [3.8, 4) is 0 Å². The summed E-state index contributed by atoms with van der Waals surface area (Å²) in [6.45, 7) is 0. The van der Waals surface area contributed by atoms with Gasteiger partial charge >= 0.3 is 0 Å². The quantitative estimate of drug-likeness (QED) is 0.366. The van der Waals surface area contributed by atoms with Crippen LogP contribution in [0.3, 0.4) is 0 Å². The van der Waals surface area contributed by atoms with Crippen molar-refractivity contribution in [2.75, 3.05) is 0 Å². The van der Waals surface area contributed by atoms with Crippen LogP contribution in [0.2, 0.25) is 0 Å². The Morgan fingerprint density at radius 1 is 0.433 bits per heavy atom. The molecular formula is C28H20O2. The van der Waals surface area contributed by atoms with E-state index < -0.39 is 12.2 Å². The summed E-state index contributed by atoms with van der Waals surface area (Å²) in [5.41, 5.74) is 4.35. The van der Waals surface area contributed by atoms with Crippen molar-refractivity contribution in [1.29, 1.82) is 0 Å². The zero-order chi connectivity index (χ0) is 20.2. The average Bonchev–Trinajstić information content (AvgIpc) is 3.09. The van der Waals surface area contributed by atoms with E-state index in [1.165, 1.54) is 32.3 Å². The Morgan fingerprint density at radius 2 is 0.767 bits per heavy atom. The number of benzene rings is 4. The predicted octanol–water partition coefficient (Wildman–Crippen LogP) is 5.95. The standard InChI is InChI=1S/C28H20O2/c29-17-9-13-21-22-14-10-18(30)12-16-26(22)28-24-8-4-2-6-20(24)19-5-1-3-7-23(19)27(28)25(21)15-11-17/h1-18,29-30H. The first-order valence-corrected chi connectivity index (χ1v) is 10.2. The van der Waals surface area contributed by atoms with E-state index in [1.807, 2.05) is 48.6 Å². The van der Waals surface area contributed by atoms with Gasteiger partial charge in [-0.05, 0) is 54.6 Å². The van der Waals surface area contributed by atoms with Gasteiger partial charge in [0.25, 0.3) is 0 Å². The summed E-state index contributed by atoms with van der Waals surface area (Å²) in [5, 5.41) is 27.7. The Kier molecular flexibility index (Phi) is 3.79. The van der Waals surface area contributed by atoms with Gasteiger partial charge in [-0.1, -0.05) is 97.1 Å². The summed E-state index contributed by atoms with van der Waals surface area (Å²) >= 11 is 0. The molecule has 0 fully saturated rings. The maximum absolute atomic E-state index is 10.3. The number of aliphatic hydroxyl groups excluding tert-OH is 2. The van der Waals surface area contributed by atoms with Gasteiger partial charge in [0.1, 0.15) is 0 Å². The van der Waals surface area contributed by atoms with E-state index in [4.69, 9.17) is 0 Å². The van der Waals surface area contributed by atoms with Gasteiger partial charge in [0.2, 0.25) is 0 Å². The van der Waals surface area contributed by atoms with Gasteiger partial charge in [-0.25, -0.2) is 0 Å². The zero-order valence-corrected chi connectivity index (χ0v) is 16.3. The molecule has 2 atom stereocenters. The van der Waals surface area contributed by atoms with Gasteiger partial charge in [-0.2, -0.15) is 0 Å². The van der Waals surface area contributed by atoms with Crippen LogP contribution < -0.4 is 0 Å². The molecule has 0 bridgehead atoms. The van der Waals surface area contributed by atoms with Crippen molar-refractivity contribution < 1.29 is 10.2 Å². The number of rotatable bonds is 0. The van der Waals surface area contributed by atoms with Crippen molar-refractivity contribution in [3.05, 3.63) is 95.1 Å². The summed E-state index contributed by atoms with van der Waals surface area (Å²) in [4.78, 5) is 0. The highest BCUT2D eigenvalue weighted by Crippen LogP contribution is 2.44. The molecule has 0 spiro atoms. The van der Waals surface area contributed by atoms with Crippen LogP contribution in [0.1, 0.15) is 22.3 Å². The second kappa shape index (κ2) is 6.53. The number of hydrogen-bond donors (Lipinski definition) is 2. The number of fused-ring (bicyclic) bond motifs is 11. The average molecular weight is 388 g/mol. The maximum atomic E-state index is 10.3. The van der Waals surface area contributed by atoms with E-state index in [0.717, 1.165) is 22.3 Å². The van der Waals surface area contributed by atoms with Crippen molar-refractivity contribution >= 4 is 56.6 Å². The molecule has 30 heavy (non-hydrogen) atoms. The first kappa shape index (κ1) is 17.4. The van der Waals surface area contributed by atoms with E-state index in [-0.39, 0.29) is 0 Å². The molecule has 0 radical (unpaired) electrons. The number of aliphatic hydroxyl groups is 2. The van der Waals surface area contributed by atoms with Crippen molar-refractivity contribution in [3.63, 3.8) is 0 Å². The zero-order valence-electron chi connectivity index (χ0n) is 16.3. The largest absolute Gasteiger partial charge is 0.385 e. The first-order chi connectivity index (χ1) is 14.7. The molecule has 144 valence electrons. The highest BCUT2D eigenvalue weighted by molar-refractivity contribution is 6.29. The molecule has 2 aliphatic carbocycles. The SMILES string of the molecule is OC1C=Cc2c3c(c4c5ccccc5c5ccccc5c4c2C=C1)C=CC(O)C=C3. The molecule has 0 aromatic heterocycles. The second-order valence-electron chi connectivity index (χ2n) is 7.91. The Labute approximate surface area is 174 Å². The molecule has 2 nitrogen and oxygen atoms in total. The van der Waals surface area contributed by atoms with Crippen molar-refractivity contribution in [2.45, 2.75) is 12.2 Å². The molecule has 0 saturated carbocycles. The third kappa shape index (κ3) is 2.45. The minimum absolute atomic E-state index is 0.620. The molecule has 0 amide bonds. The van der Waals surface area contributed by atoms with E-state index >= 15 is 0 Å².